The van der Waals surface area contributed by atoms with Crippen molar-refractivity contribution >= 4 is 18.9 Å². The van der Waals surface area contributed by atoms with Gasteiger partial charge in [0.1, 0.15) is 0 Å². The molecule has 0 saturated heterocycles. The second-order valence-corrected chi connectivity index (χ2v) is 11.7. The Kier molecular flexibility index (Phi) is 4.34. The standard InChI is InChI=1S/C18H25NSi/c1-15-6-10-17(11-7-15)19(2)14-16-8-12-18(13-9-16)20(3,4)5/h6-13H,14H2,1-5H3. The highest BCUT2D eigenvalue weighted by Crippen LogP contribution is 2.16. The second-order valence-electron chi connectivity index (χ2n) is 6.64. The maximum atomic E-state index is 2.39. The van der Waals surface area contributed by atoms with E-state index in [4.69, 9.17) is 0 Å². The van der Waals surface area contributed by atoms with Gasteiger partial charge in [-0.15, -0.1) is 0 Å². The molecule has 0 N–H and O–H groups in total. The first kappa shape index (κ1) is 14.9. The Labute approximate surface area is 124 Å². The molecular formula is C18H25NSi. The third-order valence-electron chi connectivity index (χ3n) is 3.71. The van der Waals surface area contributed by atoms with Crippen molar-refractivity contribution in [1.82, 2.24) is 0 Å². The molecule has 0 heterocycles. The normalized spacial score (nSPS) is 11.4. The molecule has 0 bridgehead atoms. The van der Waals surface area contributed by atoms with Gasteiger partial charge in [0.15, 0.2) is 0 Å². The van der Waals surface area contributed by atoms with Gasteiger partial charge in [0.25, 0.3) is 0 Å². The van der Waals surface area contributed by atoms with Crippen LogP contribution in [0.4, 0.5) is 5.69 Å². The molecule has 106 valence electrons. The van der Waals surface area contributed by atoms with Crippen LogP contribution in [-0.2, 0) is 6.54 Å². The zero-order valence-electron chi connectivity index (χ0n) is 13.3. The maximum Gasteiger partial charge on any atom is 0.0775 e. The first-order valence-corrected chi connectivity index (χ1v) is 10.7. The van der Waals surface area contributed by atoms with Gasteiger partial charge < -0.3 is 4.90 Å². The molecule has 1 nitrogen and oxygen atoms in total. The minimum absolute atomic E-state index is 0.953. The van der Waals surface area contributed by atoms with Crippen LogP contribution < -0.4 is 10.1 Å². The summed E-state index contributed by atoms with van der Waals surface area (Å²) in [6.07, 6.45) is 0. The Morgan fingerprint density at radius 3 is 1.90 bits per heavy atom. The van der Waals surface area contributed by atoms with Crippen LogP contribution >= 0.6 is 0 Å². The van der Waals surface area contributed by atoms with Gasteiger partial charge in [-0.3, -0.25) is 0 Å². The lowest BCUT2D eigenvalue weighted by atomic mass is 10.2. The van der Waals surface area contributed by atoms with E-state index in [0.29, 0.717) is 0 Å². The van der Waals surface area contributed by atoms with Crippen LogP contribution in [0.25, 0.3) is 0 Å². The average molecular weight is 283 g/mol. The Hall–Kier alpha value is -1.54. The van der Waals surface area contributed by atoms with E-state index < -0.39 is 8.07 Å². The van der Waals surface area contributed by atoms with E-state index in [1.54, 1.807) is 0 Å². The Balaban J connectivity index is 2.08. The zero-order chi connectivity index (χ0) is 14.8. The minimum Gasteiger partial charge on any atom is -0.370 e. The van der Waals surface area contributed by atoms with Crippen LogP contribution in [0.2, 0.25) is 19.6 Å². The van der Waals surface area contributed by atoms with E-state index in [9.17, 15) is 0 Å². The fourth-order valence-corrected chi connectivity index (χ4v) is 3.44. The van der Waals surface area contributed by atoms with E-state index in [-0.39, 0.29) is 0 Å². The van der Waals surface area contributed by atoms with E-state index in [1.807, 2.05) is 0 Å². The zero-order valence-corrected chi connectivity index (χ0v) is 14.3. The molecule has 2 heteroatoms. The molecule has 2 rings (SSSR count). The molecule has 0 aliphatic rings. The number of rotatable bonds is 4. The summed E-state index contributed by atoms with van der Waals surface area (Å²) in [7, 11) is 0.970. The van der Waals surface area contributed by atoms with E-state index in [1.165, 1.54) is 22.0 Å². The number of hydrogen-bond acceptors (Lipinski definition) is 1. The van der Waals surface area contributed by atoms with Crippen LogP contribution in [0.15, 0.2) is 48.5 Å². The Morgan fingerprint density at radius 1 is 0.850 bits per heavy atom. The van der Waals surface area contributed by atoms with Crippen molar-refractivity contribution in [1.29, 1.82) is 0 Å². The highest BCUT2D eigenvalue weighted by Gasteiger charge is 2.15. The van der Waals surface area contributed by atoms with E-state index >= 15 is 0 Å². The van der Waals surface area contributed by atoms with Crippen LogP contribution in [-0.4, -0.2) is 15.1 Å². The van der Waals surface area contributed by atoms with Crippen molar-refractivity contribution < 1.29 is 0 Å². The molecule has 2 aromatic rings. The Bertz CT molecular complexity index is 549. The van der Waals surface area contributed by atoms with Crippen LogP contribution in [0.1, 0.15) is 11.1 Å². The quantitative estimate of drug-likeness (QED) is 0.761. The van der Waals surface area contributed by atoms with Gasteiger partial charge in [-0.05, 0) is 24.6 Å². The summed E-state index contributed by atoms with van der Waals surface area (Å²) in [5.74, 6) is 0. The summed E-state index contributed by atoms with van der Waals surface area (Å²) in [4.78, 5) is 2.29. The Morgan fingerprint density at radius 2 is 1.40 bits per heavy atom. The third kappa shape index (κ3) is 3.73. The topological polar surface area (TPSA) is 3.24 Å². The largest absolute Gasteiger partial charge is 0.370 e. The van der Waals surface area contributed by atoms with Gasteiger partial charge in [0.2, 0.25) is 0 Å². The van der Waals surface area contributed by atoms with E-state index in [2.05, 4.69) is 87.0 Å². The van der Waals surface area contributed by atoms with Crippen molar-refractivity contribution in [3.05, 3.63) is 59.7 Å². The van der Waals surface area contributed by atoms with Crippen molar-refractivity contribution in [3.8, 4) is 0 Å². The monoisotopic (exact) mass is 283 g/mol. The maximum absolute atomic E-state index is 2.39. The van der Waals surface area contributed by atoms with Gasteiger partial charge in [-0.2, -0.15) is 0 Å². The number of hydrogen-bond donors (Lipinski definition) is 0. The summed E-state index contributed by atoms with van der Waals surface area (Å²) in [5, 5.41) is 1.53. The summed E-state index contributed by atoms with van der Waals surface area (Å²) >= 11 is 0. The average Bonchev–Trinajstić information content (AvgIpc) is 2.39. The molecule has 0 aliphatic carbocycles. The van der Waals surface area contributed by atoms with Crippen molar-refractivity contribution in [2.24, 2.45) is 0 Å². The molecular weight excluding hydrogens is 258 g/mol. The van der Waals surface area contributed by atoms with Gasteiger partial charge >= 0.3 is 0 Å². The summed E-state index contributed by atoms with van der Waals surface area (Å²) in [5.41, 5.74) is 3.95. The lowest BCUT2D eigenvalue weighted by Gasteiger charge is -2.21. The first-order chi connectivity index (χ1) is 9.36. The molecule has 0 radical (unpaired) electrons. The number of aryl methyl sites for hydroxylation is 1. The van der Waals surface area contributed by atoms with Crippen LogP contribution in [0.5, 0.6) is 0 Å². The van der Waals surface area contributed by atoms with Crippen LogP contribution in [0.3, 0.4) is 0 Å². The van der Waals surface area contributed by atoms with Crippen molar-refractivity contribution in [3.63, 3.8) is 0 Å². The second kappa shape index (κ2) is 5.84. The molecule has 0 fully saturated rings. The molecule has 0 unspecified atom stereocenters. The summed E-state index contributed by atoms with van der Waals surface area (Å²) in [6, 6.07) is 17.9. The highest BCUT2D eigenvalue weighted by molar-refractivity contribution is 6.88. The van der Waals surface area contributed by atoms with Gasteiger partial charge in [0, 0.05) is 19.3 Å². The molecule has 0 atom stereocenters. The molecule has 0 saturated carbocycles. The molecule has 0 aliphatic heterocycles. The summed E-state index contributed by atoms with van der Waals surface area (Å²) in [6.45, 7) is 10.2. The molecule has 0 aromatic heterocycles. The lowest BCUT2D eigenvalue weighted by molar-refractivity contribution is 0.923. The SMILES string of the molecule is Cc1ccc(N(C)Cc2ccc([Si](C)(C)C)cc2)cc1. The van der Waals surface area contributed by atoms with Crippen molar-refractivity contribution in [2.45, 2.75) is 33.1 Å². The number of anilines is 1. The highest BCUT2D eigenvalue weighted by atomic mass is 28.3. The van der Waals surface area contributed by atoms with Gasteiger partial charge in [-0.25, -0.2) is 0 Å². The van der Waals surface area contributed by atoms with Crippen LogP contribution in [0, 0.1) is 6.92 Å². The van der Waals surface area contributed by atoms with Gasteiger partial charge in [0.05, 0.1) is 8.07 Å². The molecule has 0 spiro atoms. The smallest absolute Gasteiger partial charge is 0.0775 e. The summed E-state index contributed by atoms with van der Waals surface area (Å²) < 4.78 is 0. The first-order valence-electron chi connectivity index (χ1n) is 7.23. The fourth-order valence-electron chi connectivity index (χ4n) is 2.27. The molecule has 2 aromatic carbocycles. The molecule has 0 amide bonds. The third-order valence-corrected chi connectivity index (χ3v) is 5.78. The number of nitrogens with zero attached hydrogens (tertiary/aromatic N) is 1. The predicted molar refractivity (Wildman–Crippen MR) is 92.7 cm³/mol. The van der Waals surface area contributed by atoms with E-state index in [0.717, 1.165) is 6.54 Å². The fraction of sp³-hybridized carbons (Fsp3) is 0.333. The lowest BCUT2D eigenvalue weighted by Crippen LogP contribution is -2.37. The predicted octanol–water partition coefficient (Wildman–Crippen LogP) is 4.18. The molecule has 20 heavy (non-hydrogen) atoms. The minimum atomic E-state index is -1.18. The van der Waals surface area contributed by atoms with Gasteiger partial charge in [-0.1, -0.05) is 66.8 Å². The number of benzene rings is 2. The van der Waals surface area contributed by atoms with Crippen molar-refractivity contribution in [2.75, 3.05) is 11.9 Å².